The fraction of sp³-hybridized carbons (Fsp3) is 0.312. The van der Waals surface area contributed by atoms with E-state index in [1.165, 1.54) is 0 Å². The van der Waals surface area contributed by atoms with Crippen LogP contribution in [0.15, 0.2) is 36.5 Å². The molecule has 0 saturated heterocycles. The van der Waals surface area contributed by atoms with E-state index < -0.39 is 0 Å². The summed E-state index contributed by atoms with van der Waals surface area (Å²) in [7, 11) is 0. The van der Waals surface area contributed by atoms with Crippen molar-refractivity contribution in [1.82, 2.24) is 4.98 Å². The Morgan fingerprint density at radius 2 is 1.95 bits per heavy atom. The first-order valence-electron chi connectivity index (χ1n) is 6.52. The summed E-state index contributed by atoms with van der Waals surface area (Å²) >= 11 is 0. The lowest BCUT2D eigenvalue weighted by atomic mass is 10.0. The quantitative estimate of drug-likeness (QED) is 0.807. The second-order valence-corrected chi connectivity index (χ2v) is 4.89. The Morgan fingerprint density at radius 1 is 1.26 bits per heavy atom. The van der Waals surface area contributed by atoms with E-state index in [1.807, 2.05) is 30.5 Å². The summed E-state index contributed by atoms with van der Waals surface area (Å²) in [5, 5.41) is 8.96. The van der Waals surface area contributed by atoms with Crippen molar-refractivity contribution in [2.24, 2.45) is 0 Å². The summed E-state index contributed by atoms with van der Waals surface area (Å²) in [5.74, 6) is 0.396. The maximum absolute atomic E-state index is 11.2. The van der Waals surface area contributed by atoms with Crippen molar-refractivity contribution < 1.29 is 9.90 Å². The Morgan fingerprint density at radius 3 is 2.53 bits per heavy atom. The number of carbonyl (C=O) groups excluding carboxylic acids is 1. The number of H-pyrrole nitrogens is 1. The molecule has 0 fully saturated rings. The van der Waals surface area contributed by atoms with E-state index in [1.54, 1.807) is 6.92 Å². The monoisotopic (exact) mass is 257 g/mol. The van der Waals surface area contributed by atoms with Crippen LogP contribution in [-0.2, 0) is 0 Å². The third-order valence-corrected chi connectivity index (χ3v) is 3.42. The summed E-state index contributed by atoms with van der Waals surface area (Å²) in [6, 6.07) is 9.72. The van der Waals surface area contributed by atoms with Gasteiger partial charge in [-0.25, -0.2) is 0 Å². The second kappa shape index (κ2) is 5.85. The maximum atomic E-state index is 11.2. The van der Waals surface area contributed by atoms with Crippen molar-refractivity contribution in [2.75, 3.05) is 6.61 Å². The molecule has 1 unspecified atom stereocenters. The number of rotatable bonds is 5. The van der Waals surface area contributed by atoms with Crippen LogP contribution >= 0.6 is 0 Å². The van der Waals surface area contributed by atoms with E-state index in [2.05, 4.69) is 18.0 Å². The Bertz CT molecular complexity index is 554. The van der Waals surface area contributed by atoms with E-state index in [9.17, 15) is 4.79 Å². The van der Waals surface area contributed by atoms with Crippen LogP contribution in [0.3, 0.4) is 0 Å². The van der Waals surface area contributed by atoms with Crippen LogP contribution in [0.1, 0.15) is 42.2 Å². The van der Waals surface area contributed by atoms with Crippen LogP contribution < -0.4 is 0 Å². The topological polar surface area (TPSA) is 53.1 Å². The van der Waals surface area contributed by atoms with Gasteiger partial charge in [-0.3, -0.25) is 4.79 Å². The Labute approximate surface area is 113 Å². The lowest BCUT2D eigenvalue weighted by Gasteiger charge is -2.06. The standard InChI is InChI=1S/C16H19NO2/c1-11(7-8-18)16-9-15(10-17-16)14-5-3-13(4-6-14)12(2)19/h3-6,9-11,17-18H,7-8H2,1-2H3. The normalized spacial score (nSPS) is 12.4. The second-order valence-electron chi connectivity index (χ2n) is 4.89. The molecule has 100 valence electrons. The van der Waals surface area contributed by atoms with Gasteiger partial charge in [-0.1, -0.05) is 31.2 Å². The third-order valence-electron chi connectivity index (χ3n) is 3.42. The fourth-order valence-corrected chi connectivity index (χ4v) is 2.11. The molecule has 2 rings (SSSR count). The molecule has 0 aliphatic carbocycles. The molecule has 1 atom stereocenters. The first kappa shape index (κ1) is 13.6. The van der Waals surface area contributed by atoms with Crippen LogP contribution in [0.2, 0.25) is 0 Å². The van der Waals surface area contributed by atoms with E-state index >= 15 is 0 Å². The van der Waals surface area contributed by atoms with Crippen molar-refractivity contribution in [3.8, 4) is 11.1 Å². The van der Waals surface area contributed by atoms with Gasteiger partial charge in [0.15, 0.2) is 5.78 Å². The minimum Gasteiger partial charge on any atom is -0.396 e. The van der Waals surface area contributed by atoms with Gasteiger partial charge in [0.1, 0.15) is 0 Å². The Hall–Kier alpha value is -1.87. The molecule has 0 bridgehead atoms. The van der Waals surface area contributed by atoms with Crippen LogP contribution in [0.5, 0.6) is 0 Å². The molecule has 3 nitrogen and oxygen atoms in total. The Kier molecular flexibility index (Phi) is 4.17. The summed E-state index contributed by atoms with van der Waals surface area (Å²) in [6.45, 7) is 3.85. The average molecular weight is 257 g/mol. The smallest absolute Gasteiger partial charge is 0.159 e. The zero-order valence-corrected chi connectivity index (χ0v) is 11.3. The summed E-state index contributed by atoms with van der Waals surface area (Å²) in [5.41, 5.74) is 4.05. The number of nitrogens with one attached hydrogen (secondary N) is 1. The highest BCUT2D eigenvalue weighted by atomic mass is 16.3. The zero-order chi connectivity index (χ0) is 13.8. The molecule has 2 N–H and O–H groups in total. The minimum atomic E-state index is 0.0814. The fourth-order valence-electron chi connectivity index (χ4n) is 2.11. The zero-order valence-electron chi connectivity index (χ0n) is 11.3. The lowest BCUT2D eigenvalue weighted by molar-refractivity contribution is 0.101. The summed E-state index contributed by atoms with van der Waals surface area (Å²) in [4.78, 5) is 14.5. The predicted octanol–water partition coefficient (Wildman–Crippen LogP) is 3.37. The summed E-state index contributed by atoms with van der Waals surface area (Å²) < 4.78 is 0. The predicted molar refractivity (Wildman–Crippen MR) is 76.4 cm³/mol. The van der Waals surface area contributed by atoms with Crippen molar-refractivity contribution >= 4 is 5.78 Å². The molecule has 1 heterocycles. The largest absolute Gasteiger partial charge is 0.396 e. The molecule has 1 aromatic carbocycles. The van der Waals surface area contributed by atoms with E-state index in [0.717, 1.165) is 28.8 Å². The van der Waals surface area contributed by atoms with Crippen LogP contribution in [0.25, 0.3) is 11.1 Å². The molecule has 0 aliphatic heterocycles. The Balaban J connectivity index is 2.20. The van der Waals surface area contributed by atoms with Gasteiger partial charge in [-0.05, 0) is 36.5 Å². The van der Waals surface area contributed by atoms with Gasteiger partial charge in [-0.15, -0.1) is 0 Å². The van der Waals surface area contributed by atoms with E-state index in [4.69, 9.17) is 5.11 Å². The number of hydrogen-bond acceptors (Lipinski definition) is 2. The molecule has 0 saturated carbocycles. The van der Waals surface area contributed by atoms with E-state index in [-0.39, 0.29) is 12.4 Å². The number of aromatic nitrogens is 1. The number of carbonyl (C=O) groups is 1. The number of aliphatic hydroxyl groups excluding tert-OH is 1. The molecular weight excluding hydrogens is 238 g/mol. The third kappa shape index (κ3) is 3.12. The first-order chi connectivity index (χ1) is 9.11. The SMILES string of the molecule is CC(=O)c1ccc(-c2c[nH]c(C(C)CCO)c2)cc1. The molecule has 1 aromatic heterocycles. The molecule has 19 heavy (non-hydrogen) atoms. The van der Waals surface area contributed by atoms with Gasteiger partial charge in [0, 0.05) is 24.1 Å². The number of Topliss-reactive ketones (excluding diaryl/α,β-unsaturated/α-hetero) is 1. The van der Waals surface area contributed by atoms with Gasteiger partial charge in [0.25, 0.3) is 0 Å². The molecular formula is C16H19NO2. The molecule has 0 aliphatic rings. The number of hydrogen-bond donors (Lipinski definition) is 2. The van der Waals surface area contributed by atoms with Crippen molar-refractivity contribution in [3.63, 3.8) is 0 Å². The highest BCUT2D eigenvalue weighted by molar-refractivity contribution is 5.94. The first-order valence-corrected chi connectivity index (χ1v) is 6.52. The van der Waals surface area contributed by atoms with Gasteiger partial charge in [0.2, 0.25) is 0 Å². The average Bonchev–Trinajstić information content (AvgIpc) is 2.89. The maximum Gasteiger partial charge on any atom is 0.159 e. The highest BCUT2D eigenvalue weighted by Crippen LogP contribution is 2.25. The van der Waals surface area contributed by atoms with Gasteiger partial charge >= 0.3 is 0 Å². The number of ketones is 1. The molecule has 2 aromatic rings. The van der Waals surface area contributed by atoms with Crippen LogP contribution in [0.4, 0.5) is 0 Å². The molecule has 0 spiro atoms. The number of aromatic amines is 1. The van der Waals surface area contributed by atoms with Crippen LogP contribution in [0, 0.1) is 0 Å². The number of benzene rings is 1. The van der Waals surface area contributed by atoms with Crippen molar-refractivity contribution in [1.29, 1.82) is 0 Å². The highest BCUT2D eigenvalue weighted by Gasteiger charge is 2.09. The van der Waals surface area contributed by atoms with Gasteiger partial charge in [0.05, 0.1) is 0 Å². The lowest BCUT2D eigenvalue weighted by Crippen LogP contribution is -1.96. The molecule has 0 amide bonds. The van der Waals surface area contributed by atoms with E-state index in [0.29, 0.717) is 5.92 Å². The van der Waals surface area contributed by atoms with Crippen molar-refractivity contribution in [3.05, 3.63) is 47.8 Å². The molecule has 0 radical (unpaired) electrons. The number of aliphatic hydroxyl groups is 1. The minimum absolute atomic E-state index is 0.0814. The van der Waals surface area contributed by atoms with Gasteiger partial charge < -0.3 is 10.1 Å². The van der Waals surface area contributed by atoms with Gasteiger partial charge in [-0.2, -0.15) is 0 Å². The van der Waals surface area contributed by atoms with Crippen LogP contribution in [-0.4, -0.2) is 22.5 Å². The molecule has 3 heteroatoms. The van der Waals surface area contributed by atoms with Crippen molar-refractivity contribution in [2.45, 2.75) is 26.2 Å². The summed E-state index contributed by atoms with van der Waals surface area (Å²) in [6.07, 6.45) is 2.72.